The van der Waals surface area contributed by atoms with E-state index < -0.39 is 21.1 Å². The summed E-state index contributed by atoms with van der Waals surface area (Å²) < 4.78 is 29.9. The lowest BCUT2D eigenvalue weighted by molar-refractivity contribution is -0.140. The van der Waals surface area contributed by atoms with Gasteiger partial charge in [0.05, 0.1) is 23.7 Å². The molecule has 1 unspecified atom stereocenters. The van der Waals surface area contributed by atoms with Crippen LogP contribution in [0, 0.1) is 0 Å². The molecule has 0 fully saturated rings. The number of hydrogen-bond donors (Lipinski definition) is 0. The second kappa shape index (κ2) is 9.41. The van der Waals surface area contributed by atoms with E-state index in [1.807, 2.05) is 6.08 Å². The van der Waals surface area contributed by atoms with E-state index in [0.717, 1.165) is 25.7 Å². The van der Waals surface area contributed by atoms with E-state index >= 15 is 0 Å². The van der Waals surface area contributed by atoms with Crippen LogP contribution in [0.15, 0.2) is 47.4 Å². The smallest absolute Gasteiger partial charge is 0.307 e. The topological polar surface area (TPSA) is 60.4 Å². The number of carbonyl (C=O) groups excluding carboxylic acids is 1. The summed E-state index contributed by atoms with van der Waals surface area (Å²) in [5.74, 6) is -0.525. The Morgan fingerprint density at radius 1 is 1.23 bits per heavy atom. The Labute approximate surface area is 133 Å². The van der Waals surface area contributed by atoms with Crippen LogP contribution in [0.2, 0.25) is 0 Å². The van der Waals surface area contributed by atoms with Crippen LogP contribution in [0.1, 0.15) is 39.0 Å². The van der Waals surface area contributed by atoms with Crippen LogP contribution in [0.4, 0.5) is 0 Å². The van der Waals surface area contributed by atoms with Crippen LogP contribution >= 0.6 is 0 Å². The quantitative estimate of drug-likeness (QED) is 0.396. The maximum absolute atomic E-state index is 12.6. The molecule has 0 saturated heterocycles. The average molecular weight is 324 g/mol. The molecule has 122 valence electrons. The normalized spacial score (nSPS) is 13.2. The largest absolute Gasteiger partial charge is 0.469 e. The highest BCUT2D eigenvalue weighted by Gasteiger charge is 2.27. The average Bonchev–Trinajstić information content (AvgIpc) is 2.54. The standard InChI is InChI=1S/C17H24O4S/c1-3-4-5-6-8-13-16(14-17(18)21-2)22(19,20)15-11-9-7-10-12-15/h7-13,16H,3-6,14H2,1-2H3/b13-8+. The molecular weight excluding hydrogens is 300 g/mol. The molecule has 0 aliphatic rings. The first-order chi connectivity index (χ1) is 10.5. The maximum atomic E-state index is 12.6. The van der Waals surface area contributed by atoms with E-state index in [-0.39, 0.29) is 11.3 Å². The molecule has 0 bridgehead atoms. The van der Waals surface area contributed by atoms with Crippen molar-refractivity contribution >= 4 is 15.8 Å². The molecule has 0 radical (unpaired) electrons. The van der Waals surface area contributed by atoms with Crippen molar-refractivity contribution in [2.24, 2.45) is 0 Å². The second-order valence-electron chi connectivity index (χ2n) is 5.10. The molecule has 0 N–H and O–H groups in total. The number of benzene rings is 1. The lowest BCUT2D eigenvalue weighted by Crippen LogP contribution is -2.23. The minimum Gasteiger partial charge on any atom is -0.469 e. The molecule has 22 heavy (non-hydrogen) atoms. The highest BCUT2D eigenvalue weighted by atomic mass is 32.2. The van der Waals surface area contributed by atoms with Gasteiger partial charge in [-0.2, -0.15) is 0 Å². The summed E-state index contributed by atoms with van der Waals surface area (Å²) in [4.78, 5) is 11.7. The van der Waals surface area contributed by atoms with Gasteiger partial charge in [-0.3, -0.25) is 4.79 Å². The van der Waals surface area contributed by atoms with Crippen molar-refractivity contribution in [2.45, 2.75) is 49.2 Å². The van der Waals surface area contributed by atoms with Gasteiger partial charge in [-0.15, -0.1) is 0 Å². The van der Waals surface area contributed by atoms with Gasteiger partial charge in [0.2, 0.25) is 0 Å². The summed E-state index contributed by atoms with van der Waals surface area (Å²) in [5.41, 5.74) is 0. The molecule has 0 aliphatic heterocycles. The van der Waals surface area contributed by atoms with Gasteiger partial charge in [0.25, 0.3) is 0 Å². The molecule has 0 aliphatic carbocycles. The summed E-state index contributed by atoms with van der Waals surface area (Å²) in [6.07, 6.45) is 7.36. The number of ether oxygens (including phenoxy) is 1. The number of hydrogen-bond acceptors (Lipinski definition) is 4. The first-order valence-electron chi connectivity index (χ1n) is 7.54. The third kappa shape index (κ3) is 5.64. The summed E-state index contributed by atoms with van der Waals surface area (Å²) in [6.45, 7) is 2.11. The van der Waals surface area contributed by atoms with Crippen LogP contribution in [-0.2, 0) is 19.4 Å². The molecule has 0 aromatic heterocycles. The number of methoxy groups -OCH3 is 1. The van der Waals surface area contributed by atoms with Crippen LogP contribution in [0.3, 0.4) is 0 Å². The number of sulfone groups is 1. The highest BCUT2D eigenvalue weighted by molar-refractivity contribution is 7.92. The van der Waals surface area contributed by atoms with Gasteiger partial charge in [-0.1, -0.05) is 50.1 Å². The Balaban J connectivity index is 2.92. The zero-order valence-electron chi connectivity index (χ0n) is 13.2. The zero-order chi connectivity index (χ0) is 16.4. The Kier molecular flexibility index (Phi) is 7.88. The molecule has 0 amide bonds. The van der Waals surface area contributed by atoms with Gasteiger partial charge in [0.15, 0.2) is 9.84 Å². The fourth-order valence-corrected chi connectivity index (χ4v) is 3.63. The molecule has 4 nitrogen and oxygen atoms in total. The zero-order valence-corrected chi connectivity index (χ0v) is 14.0. The van der Waals surface area contributed by atoms with E-state index in [4.69, 9.17) is 0 Å². The van der Waals surface area contributed by atoms with Crippen LogP contribution in [-0.4, -0.2) is 26.7 Å². The molecule has 1 atom stereocenters. The number of unbranched alkanes of at least 4 members (excludes halogenated alkanes) is 3. The van der Waals surface area contributed by atoms with Gasteiger partial charge in [0, 0.05) is 0 Å². The lowest BCUT2D eigenvalue weighted by Gasteiger charge is -2.13. The fraction of sp³-hybridized carbons (Fsp3) is 0.471. The van der Waals surface area contributed by atoms with E-state index in [1.165, 1.54) is 7.11 Å². The summed E-state index contributed by atoms with van der Waals surface area (Å²) in [6, 6.07) is 8.20. The summed E-state index contributed by atoms with van der Waals surface area (Å²) >= 11 is 0. The monoisotopic (exact) mass is 324 g/mol. The minimum absolute atomic E-state index is 0.169. The molecule has 1 rings (SSSR count). The minimum atomic E-state index is -3.59. The van der Waals surface area contributed by atoms with Crippen molar-refractivity contribution in [3.05, 3.63) is 42.5 Å². The summed E-state index contributed by atoms with van der Waals surface area (Å²) in [7, 11) is -2.32. The second-order valence-corrected chi connectivity index (χ2v) is 7.27. The lowest BCUT2D eigenvalue weighted by atomic mass is 10.2. The number of carbonyl (C=O) groups is 1. The highest BCUT2D eigenvalue weighted by Crippen LogP contribution is 2.20. The number of rotatable bonds is 9. The Morgan fingerprint density at radius 2 is 1.91 bits per heavy atom. The molecular formula is C17H24O4S. The maximum Gasteiger partial charge on any atom is 0.307 e. The first kappa shape index (κ1) is 18.4. The van der Waals surface area contributed by atoms with Crippen molar-refractivity contribution in [1.82, 2.24) is 0 Å². The van der Waals surface area contributed by atoms with Crippen LogP contribution < -0.4 is 0 Å². The van der Waals surface area contributed by atoms with E-state index in [2.05, 4.69) is 11.7 Å². The number of esters is 1. The van der Waals surface area contributed by atoms with Crippen LogP contribution in [0.25, 0.3) is 0 Å². The third-order valence-corrected chi connectivity index (χ3v) is 5.44. The number of allylic oxidation sites excluding steroid dienone is 1. The molecule has 1 aromatic rings. The van der Waals surface area contributed by atoms with E-state index in [9.17, 15) is 13.2 Å². The van der Waals surface area contributed by atoms with Crippen molar-refractivity contribution in [1.29, 1.82) is 0 Å². The van der Waals surface area contributed by atoms with Gasteiger partial charge in [-0.05, 0) is 25.0 Å². The Hall–Kier alpha value is -1.62. The fourth-order valence-electron chi connectivity index (χ4n) is 2.07. The van der Waals surface area contributed by atoms with E-state index in [0.29, 0.717) is 0 Å². The molecule has 5 heteroatoms. The van der Waals surface area contributed by atoms with Crippen molar-refractivity contribution < 1.29 is 17.9 Å². The Bertz CT molecular complexity index is 576. The molecule has 1 aromatic carbocycles. The predicted molar refractivity (Wildman–Crippen MR) is 87.3 cm³/mol. The molecule has 0 spiro atoms. The van der Waals surface area contributed by atoms with Gasteiger partial charge >= 0.3 is 5.97 Å². The first-order valence-corrected chi connectivity index (χ1v) is 9.09. The van der Waals surface area contributed by atoms with Crippen molar-refractivity contribution in [3.8, 4) is 0 Å². The van der Waals surface area contributed by atoms with E-state index in [1.54, 1.807) is 36.4 Å². The Morgan fingerprint density at radius 3 is 2.50 bits per heavy atom. The summed E-state index contributed by atoms with van der Waals surface area (Å²) in [5, 5.41) is -0.885. The van der Waals surface area contributed by atoms with Gasteiger partial charge in [0.1, 0.15) is 0 Å². The molecule has 0 saturated carbocycles. The third-order valence-electron chi connectivity index (χ3n) is 3.39. The molecule has 0 heterocycles. The van der Waals surface area contributed by atoms with Crippen molar-refractivity contribution in [2.75, 3.05) is 7.11 Å². The van der Waals surface area contributed by atoms with Crippen LogP contribution in [0.5, 0.6) is 0 Å². The van der Waals surface area contributed by atoms with Crippen molar-refractivity contribution in [3.63, 3.8) is 0 Å². The predicted octanol–water partition coefficient (Wildman–Crippen LogP) is 3.53. The SMILES string of the molecule is CCCCC/C=C/C(CC(=O)OC)S(=O)(=O)c1ccccc1. The van der Waals surface area contributed by atoms with Gasteiger partial charge < -0.3 is 4.74 Å². The van der Waals surface area contributed by atoms with Gasteiger partial charge in [-0.25, -0.2) is 8.42 Å².